The molecule has 1 aromatic heterocycles. The van der Waals surface area contributed by atoms with Crippen LogP contribution < -0.4 is 4.74 Å². The molecule has 0 aliphatic carbocycles. The predicted octanol–water partition coefficient (Wildman–Crippen LogP) is 0.397. The smallest absolute Gasteiger partial charge is 0.305 e. The van der Waals surface area contributed by atoms with Gasteiger partial charge in [0, 0.05) is 18.7 Å². The number of hydrogen-bond acceptors (Lipinski definition) is 6. The van der Waals surface area contributed by atoms with E-state index < -0.39 is 6.29 Å². The third-order valence-electron chi connectivity index (χ3n) is 2.04. The lowest BCUT2D eigenvalue weighted by Crippen LogP contribution is -2.05. The molecule has 0 atom stereocenters. The summed E-state index contributed by atoms with van der Waals surface area (Å²) >= 11 is 0. The zero-order valence-electron chi connectivity index (χ0n) is 9.50. The maximum absolute atomic E-state index is 10.8. The maximum Gasteiger partial charge on any atom is 0.305 e. The van der Waals surface area contributed by atoms with Crippen LogP contribution in [0, 0.1) is 0 Å². The van der Waals surface area contributed by atoms with E-state index in [0.29, 0.717) is 18.8 Å². The van der Waals surface area contributed by atoms with Gasteiger partial charge in [0.1, 0.15) is 5.75 Å². The van der Waals surface area contributed by atoms with Gasteiger partial charge in [-0.1, -0.05) is 0 Å². The van der Waals surface area contributed by atoms with Gasteiger partial charge in [-0.3, -0.25) is 9.78 Å². The number of carbonyl (C=O) groups excluding carboxylic acids is 1. The molecule has 1 heterocycles. The Balaban J connectivity index is 2.36. The number of aliphatic hydroxyl groups excluding tert-OH is 1. The minimum Gasteiger partial charge on any atom is -0.493 e. The van der Waals surface area contributed by atoms with E-state index in [-0.39, 0.29) is 18.1 Å². The van der Waals surface area contributed by atoms with Crippen molar-refractivity contribution in [3.63, 3.8) is 0 Å². The first kappa shape index (κ1) is 13.4. The molecule has 0 fully saturated rings. The van der Waals surface area contributed by atoms with Crippen molar-refractivity contribution in [2.24, 2.45) is 0 Å². The number of aromatic nitrogens is 1. The number of methoxy groups -OCH3 is 1. The summed E-state index contributed by atoms with van der Waals surface area (Å²) in [7, 11) is 1.33. The van der Waals surface area contributed by atoms with Gasteiger partial charge < -0.3 is 19.7 Å². The minimum atomic E-state index is -1.62. The normalized spacial score (nSPS) is 10.4. The van der Waals surface area contributed by atoms with Gasteiger partial charge in [0.25, 0.3) is 0 Å². The summed E-state index contributed by atoms with van der Waals surface area (Å²) in [6, 6.07) is 3.03. The summed E-state index contributed by atoms with van der Waals surface area (Å²) in [6.45, 7) is 0.347. The van der Waals surface area contributed by atoms with E-state index in [4.69, 9.17) is 14.9 Å². The Bertz CT molecular complexity index is 367. The fraction of sp³-hybridized carbons (Fsp3) is 0.455. The first-order valence-corrected chi connectivity index (χ1v) is 5.15. The Labute approximate surface area is 98.8 Å². The highest BCUT2D eigenvalue weighted by molar-refractivity contribution is 5.68. The van der Waals surface area contributed by atoms with Gasteiger partial charge in [-0.05, 0) is 12.5 Å². The third-order valence-corrected chi connectivity index (χ3v) is 2.04. The van der Waals surface area contributed by atoms with Crippen LogP contribution in [0.1, 0.15) is 24.8 Å². The van der Waals surface area contributed by atoms with Crippen molar-refractivity contribution in [1.82, 2.24) is 4.98 Å². The molecule has 6 nitrogen and oxygen atoms in total. The first-order valence-electron chi connectivity index (χ1n) is 5.15. The highest BCUT2D eigenvalue weighted by atomic mass is 16.5. The molecule has 0 unspecified atom stereocenters. The van der Waals surface area contributed by atoms with Crippen molar-refractivity contribution in [3.8, 4) is 5.75 Å². The largest absolute Gasteiger partial charge is 0.493 e. The molecule has 0 saturated carbocycles. The van der Waals surface area contributed by atoms with Crippen molar-refractivity contribution in [2.45, 2.75) is 19.1 Å². The number of hydrogen-bond donors (Lipinski definition) is 2. The van der Waals surface area contributed by atoms with Crippen molar-refractivity contribution in [1.29, 1.82) is 0 Å². The molecule has 0 aliphatic heterocycles. The third kappa shape index (κ3) is 4.80. The fourth-order valence-electron chi connectivity index (χ4n) is 1.17. The molecule has 6 heteroatoms. The molecule has 0 bridgehead atoms. The highest BCUT2D eigenvalue weighted by Gasteiger charge is 2.05. The molecule has 0 aromatic carbocycles. The number of aliphatic hydroxyl groups is 2. The SMILES string of the molecule is COC(=O)CCCOc1ccnc(C(O)O)c1. The van der Waals surface area contributed by atoms with Gasteiger partial charge in [-0.2, -0.15) is 0 Å². The van der Waals surface area contributed by atoms with E-state index in [9.17, 15) is 4.79 Å². The standard InChI is InChI=1S/C11H15NO5/c1-16-10(13)3-2-6-17-8-4-5-12-9(7-8)11(14)15/h4-5,7,11,14-15H,2-3,6H2,1H3. The van der Waals surface area contributed by atoms with Gasteiger partial charge in [0.2, 0.25) is 0 Å². The average molecular weight is 241 g/mol. The van der Waals surface area contributed by atoms with Crippen molar-refractivity contribution >= 4 is 5.97 Å². The van der Waals surface area contributed by atoms with Crippen LogP contribution in [0.3, 0.4) is 0 Å². The molecule has 0 amide bonds. The summed E-state index contributed by atoms with van der Waals surface area (Å²) in [5.41, 5.74) is 0.121. The second kappa shape index (κ2) is 6.82. The molecule has 0 aliphatic rings. The van der Waals surface area contributed by atoms with Crippen molar-refractivity contribution in [2.75, 3.05) is 13.7 Å². The van der Waals surface area contributed by atoms with Gasteiger partial charge in [-0.15, -0.1) is 0 Å². The minimum absolute atomic E-state index is 0.121. The van der Waals surface area contributed by atoms with E-state index in [1.54, 1.807) is 6.07 Å². The summed E-state index contributed by atoms with van der Waals surface area (Å²) in [4.78, 5) is 14.6. The topological polar surface area (TPSA) is 88.9 Å². The zero-order valence-corrected chi connectivity index (χ0v) is 9.50. The van der Waals surface area contributed by atoms with Gasteiger partial charge in [0.15, 0.2) is 6.29 Å². The van der Waals surface area contributed by atoms with Crippen LogP contribution in [0.5, 0.6) is 5.75 Å². The molecular weight excluding hydrogens is 226 g/mol. The molecule has 1 rings (SSSR count). The molecule has 1 aromatic rings. The number of carbonyl (C=O) groups is 1. The number of rotatable bonds is 6. The van der Waals surface area contributed by atoms with E-state index in [0.717, 1.165) is 0 Å². The second-order valence-corrected chi connectivity index (χ2v) is 3.32. The molecule has 0 saturated heterocycles. The van der Waals surface area contributed by atoms with Crippen LogP contribution in [0.25, 0.3) is 0 Å². The molecule has 0 spiro atoms. The predicted molar refractivity (Wildman–Crippen MR) is 58.2 cm³/mol. The Hall–Kier alpha value is -1.66. The van der Waals surface area contributed by atoms with E-state index in [1.807, 2.05) is 0 Å². The van der Waals surface area contributed by atoms with E-state index in [2.05, 4.69) is 9.72 Å². The maximum atomic E-state index is 10.8. The number of ether oxygens (including phenoxy) is 2. The van der Waals surface area contributed by atoms with Crippen molar-refractivity contribution < 1.29 is 24.5 Å². The zero-order chi connectivity index (χ0) is 12.7. The quantitative estimate of drug-likeness (QED) is 0.425. The van der Waals surface area contributed by atoms with Crippen LogP contribution in [0.15, 0.2) is 18.3 Å². The van der Waals surface area contributed by atoms with Crippen molar-refractivity contribution in [3.05, 3.63) is 24.0 Å². The lowest BCUT2D eigenvalue weighted by Gasteiger charge is -2.07. The highest BCUT2D eigenvalue weighted by Crippen LogP contribution is 2.15. The van der Waals surface area contributed by atoms with Gasteiger partial charge in [-0.25, -0.2) is 0 Å². The van der Waals surface area contributed by atoms with E-state index in [1.165, 1.54) is 19.4 Å². The summed E-state index contributed by atoms with van der Waals surface area (Å²) < 4.78 is 9.80. The van der Waals surface area contributed by atoms with Gasteiger partial charge in [0.05, 0.1) is 19.4 Å². The van der Waals surface area contributed by atoms with Crippen LogP contribution in [-0.4, -0.2) is 34.9 Å². The summed E-state index contributed by atoms with van der Waals surface area (Å²) in [6.07, 6.45) is 0.627. The monoisotopic (exact) mass is 241 g/mol. The Morgan fingerprint density at radius 2 is 2.29 bits per heavy atom. The van der Waals surface area contributed by atoms with Crippen LogP contribution in [0.2, 0.25) is 0 Å². The molecule has 0 radical (unpaired) electrons. The number of pyridine rings is 1. The fourth-order valence-corrected chi connectivity index (χ4v) is 1.17. The van der Waals surface area contributed by atoms with Crippen LogP contribution >= 0.6 is 0 Å². The number of nitrogens with zero attached hydrogens (tertiary/aromatic N) is 1. The van der Waals surface area contributed by atoms with Crippen LogP contribution in [-0.2, 0) is 9.53 Å². The molecule has 17 heavy (non-hydrogen) atoms. The van der Waals surface area contributed by atoms with E-state index >= 15 is 0 Å². The summed E-state index contributed by atoms with van der Waals surface area (Å²) in [5.74, 6) is 0.197. The Kier molecular flexibility index (Phi) is 5.38. The molecule has 94 valence electrons. The van der Waals surface area contributed by atoms with Gasteiger partial charge >= 0.3 is 5.97 Å². The number of esters is 1. The lowest BCUT2D eigenvalue weighted by atomic mass is 10.3. The Morgan fingerprint density at radius 3 is 2.94 bits per heavy atom. The second-order valence-electron chi connectivity index (χ2n) is 3.32. The van der Waals surface area contributed by atoms with Crippen LogP contribution in [0.4, 0.5) is 0 Å². The Morgan fingerprint density at radius 1 is 1.53 bits per heavy atom. The molecule has 2 N–H and O–H groups in total. The average Bonchev–Trinajstić information content (AvgIpc) is 2.34. The molecular formula is C11H15NO5. The lowest BCUT2D eigenvalue weighted by molar-refractivity contribution is -0.140. The summed E-state index contributed by atoms with van der Waals surface area (Å²) in [5, 5.41) is 17.8. The first-order chi connectivity index (χ1) is 8.13.